The molecule has 0 aliphatic heterocycles. The van der Waals surface area contributed by atoms with E-state index < -0.39 is 6.10 Å². The van der Waals surface area contributed by atoms with Crippen LogP contribution in [0.15, 0.2) is 71.8 Å². The summed E-state index contributed by atoms with van der Waals surface area (Å²) in [6, 6.07) is 17.7. The third-order valence-electron chi connectivity index (χ3n) is 5.09. The third-order valence-corrected chi connectivity index (χ3v) is 5.09. The van der Waals surface area contributed by atoms with Crippen LogP contribution in [0.2, 0.25) is 0 Å². The van der Waals surface area contributed by atoms with Crippen LogP contribution in [-0.2, 0) is 13.0 Å². The Hall–Kier alpha value is -3.18. The zero-order chi connectivity index (χ0) is 19.7. The molecule has 1 atom stereocenters. The fourth-order valence-corrected chi connectivity index (χ4v) is 3.30. The van der Waals surface area contributed by atoms with Crippen LogP contribution in [0.4, 0.5) is 0 Å². The van der Waals surface area contributed by atoms with E-state index in [2.05, 4.69) is 24.2 Å². The maximum Gasteiger partial charge on any atom is 0.276 e. The summed E-state index contributed by atoms with van der Waals surface area (Å²) in [5.74, 6) is 0. The van der Waals surface area contributed by atoms with Gasteiger partial charge in [-0.1, -0.05) is 61.0 Å². The van der Waals surface area contributed by atoms with Crippen LogP contribution in [0.3, 0.4) is 0 Å². The molecule has 1 unspecified atom stereocenters. The Morgan fingerprint density at radius 1 is 1.04 bits per heavy atom. The molecule has 5 nitrogen and oxygen atoms in total. The summed E-state index contributed by atoms with van der Waals surface area (Å²) in [5, 5.41) is 15.0. The highest BCUT2D eigenvalue weighted by atomic mass is 16.3. The minimum Gasteiger partial charge on any atom is -0.387 e. The Kier molecular flexibility index (Phi) is 4.84. The molecule has 0 amide bonds. The summed E-state index contributed by atoms with van der Waals surface area (Å²) < 4.78 is 3.13. The number of aliphatic hydroxyl groups excluding tert-OH is 1. The summed E-state index contributed by atoms with van der Waals surface area (Å²) in [4.78, 5) is 12.9. The molecule has 2 aromatic heterocycles. The Bertz CT molecular complexity index is 1160. The molecule has 2 heterocycles. The molecule has 0 aliphatic rings. The fraction of sp³-hybridized carbons (Fsp3) is 0.217. The lowest BCUT2D eigenvalue weighted by atomic mass is 10.1. The van der Waals surface area contributed by atoms with Gasteiger partial charge in [-0.05, 0) is 30.5 Å². The molecule has 0 spiro atoms. The highest BCUT2D eigenvalue weighted by molar-refractivity contribution is 5.65. The average molecular weight is 373 g/mol. The van der Waals surface area contributed by atoms with E-state index >= 15 is 0 Å². The summed E-state index contributed by atoms with van der Waals surface area (Å²) in [7, 11) is 0. The lowest BCUT2D eigenvalue weighted by Gasteiger charge is -2.13. The van der Waals surface area contributed by atoms with Gasteiger partial charge in [-0.3, -0.25) is 4.79 Å². The van der Waals surface area contributed by atoms with Gasteiger partial charge in [0, 0.05) is 18.0 Å². The van der Waals surface area contributed by atoms with Crippen molar-refractivity contribution < 1.29 is 5.11 Å². The number of hydrogen-bond donors (Lipinski definition) is 1. The van der Waals surface area contributed by atoms with E-state index in [0.29, 0.717) is 5.52 Å². The summed E-state index contributed by atoms with van der Waals surface area (Å²) in [5.41, 5.74) is 5.25. The molecule has 0 aliphatic carbocycles. The van der Waals surface area contributed by atoms with Gasteiger partial charge in [-0.2, -0.15) is 5.10 Å². The van der Waals surface area contributed by atoms with Crippen molar-refractivity contribution in [3.05, 3.63) is 94.0 Å². The van der Waals surface area contributed by atoms with Gasteiger partial charge in [-0.15, -0.1) is 0 Å². The van der Waals surface area contributed by atoms with E-state index in [9.17, 15) is 9.90 Å². The number of benzene rings is 2. The number of fused-ring (bicyclic) bond motifs is 1. The molecule has 4 rings (SSSR count). The minimum atomic E-state index is -0.746. The molecule has 2 aromatic carbocycles. The van der Waals surface area contributed by atoms with Crippen molar-refractivity contribution in [1.29, 1.82) is 0 Å². The average Bonchev–Trinajstić information content (AvgIpc) is 3.16. The molecule has 0 fully saturated rings. The molecule has 0 bridgehead atoms. The number of aliphatic hydroxyl groups is 1. The first-order valence-electron chi connectivity index (χ1n) is 9.48. The first-order valence-corrected chi connectivity index (χ1v) is 9.48. The second-order valence-corrected chi connectivity index (χ2v) is 7.09. The predicted molar refractivity (Wildman–Crippen MR) is 110 cm³/mol. The van der Waals surface area contributed by atoms with Gasteiger partial charge in [0.15, 0.2) is 0 Å². The SMILES string of the molecule is CCc1ccc(-c2cc3c(=O)n(CC(O)c4ccc(C)cc4)ccn3n2)cc1. The summed E-state index contributed by atoms with van der Waals surface area (Å²) in [6.45, 7) is 4.32. The van der Waals surface area contributed by atoms with E-state index in [1.54, 1.807) is 23.0 Å². The standard InChI is InChI=1S/C23H23N3O2/c1-3-17-6-10-18(11-7-17)20-14-21-23(28)25(12-13-26(21)24-20)15-22(27)19-8-4-16(2)5-9-19/h4-14,22,27H,3,15H2,1-2H3. The molecule has 28 heavy (non-hydrogen) atoms. The van der Waals surface area contributed by atoms with E-state index in [4.69, 9.17) is 0 Å². The van der Waals surface area contributed by atoms with Gasteiger partial charge in [0.1, 0.15) is 5.52 Å². The van der Waals surface area contributed by atoms with Crippen LogP contribution in [-0.4, -0.2) is 19.3 Å². The van der Waals surface area contributed by atoms with Crippen molar-refractivity contribution >= 4 is 5.52 Å². The monoisotopic (exact) mass is 373 g/mol. The second kappa shape index (κ2) is 7.44. The first kappa shape index (κ1) is 18.2. The number of rotatable bonds is 5. The molecule has 142 valence electrons. The van der Waals surface area contributed by atoms with E-state index in [1.807, 2.05) is 43.3 Å². The van der Waals surface area contributed by atoms with E-state index in [-0.39, 0.29) is 12.1 Å². The second-order valence-electron chi connectivity index (χ2n) is 7.09. The Morgan fingerprint density at radius 2 is 1.75 bits per heavy atom. The van der Waals surface area contributed by atoms with Crippen LogP contribution < -0.4 is 5.56 Å². The fourth-order valence-electron chi connectivity index (χ4n) is 3.30. The minimum absolute atomic E-state index is 0.169. The highest BCUT2D eigenvalue weighted by Gasteiger charge is 2.13. The number of aryl methyl sites for hydroxylation is 2. The van der Waals surface area contributed by atoms with Crippen LogP contribution in [0.5, 0.6) is 0 Å². The topological polar surface area (TPSA) is 59.5 Å². The quantitative estimate of drug-likeness (QED) is 0.579. The van der Waals surface area contributed by atoms with Crippen molar-refractivity contribution in [3.8, 4) is 11.3 Å². The van der Waals surface area contributed by atoms with Crippen molar-refractivity contribution in [1.82, 2.24) is 14.2 Å². The molecular weight excluding hydrogens is 350 g/mol. The van der Waals surface area contributed by atoms with Crippen LogP contribution in [0, 0.1) is 6.92 Å². The van der Waals surface area contributed by atoms with Gasteiger partial charge in [0.05, 0.1) is 18.3 Å². The van der Waals surface area contributed by atoms with Crippen LogP contribution in [0.25, 0.3) is 16.8 Å². The predicted octanol–water partition coefficient (Wildman–Crippen LogP) is 3.77. The first-order chi connectivity index (χ1) is 13.5. The molecule has 1 N–H and O–H groups in total. The molecule has 0 saturated heterocycles. The smallest absolute Gasteiger partial charge is 0.276 e. The lowest BCUT2D eigenvalue weighted by Crippen LogP contribution is -2.24. The molecular formula is C23H23N3O2. The van der Waals surface area contributed by atoms with Crippen molar-refractivity contribution in [2.75, 3.05) is 0 Å². The number of nitrogens with zero attached hydrogens (tertiary/aromatic N) is 3. The normalized spacial score (nSPS) is 12.4. The summed E-state index contributed by atoms with van der Waals surface area (Å²) >= 11 is 0. The largest absolute Gasteiger partial charge is 0.387 e. The zero-order valence-electron chi connectivity index (χ0n) is 16.0. The Balaban J connectivity index is 1.64. The highest BCUT2D eigenvalue weighted by Crippen LogP contribution is 2.20. The van der Waals surface area contributed by atoms with Crippen molar-refractivity contribution in [3.63, 3.8) is 0 Å². The van der Waals surface area contributed by atoms with Crippen LogP contribution >= 0.6 is 0 Å². The van der Waals surface area contributed by atoms with Gasteiger partial charge in [0.2, 0.25) is 0 Å². The van der Waals surface area contributed by atoms with E-state index in [0.717, 1.165) is 28.8 Å². The van der Waals surface area contributed by atoms with Gasteiger partial charge >= 0.3 is 0 Å². The maximum atomic E-state index is 12.9. The molecule has 4 aromatic rings. The number of hydrogen-bond acceptors (Lipinski definition) is 3. The zero-order valence-corrected chi connectivity index (χ0v) is 16.0. The van der Waals surface area contributed by atoms with Gasteiger partial charge in [0.25, 0.3) is 5.56 Å². The Morgan fingerprint density at radius 3 is 2.43 bits per heavy atom. The number of aromatic nitrogens is 3. The molecule has 0 radical (unpaired) electrons. The lowest BCUT2D eigenvalue weighted by molar-refractivity contribution is 0.155. The van der Waals surface area contributed by atoms with Gasteiger partial charge in [-0.25, -0.2) is 4.52 Å². The van der Waals surface area contributed by atoms with Gasteiger partial charge < -0.3 is 9.67 Å². The van der Waals surface area contributed by atoms with Crippen molar-refractivity contribution in [2.45, 2.75) is 32.9 Å². The molecule has 0 saturated carbocycles. The Labute approximate surface area is 163 Å². The maximum absolute atomic E-state index is 12.9. The van der Waals surface area contributed by atoms with Crippen LogP contribution in [0.1, 0.15) is 29.7 Å². The van der Waals surface area contributed by atoms with E-state index in [1.165, 1.54) is 10.1 Å². The molecule has 5 heteroatoms. The summed E-state index contributed by atoms with van der Waals surface area (Å²) in [6.07, 6.45) is 3.66. The third kappa shape index (κ3) is 3.49. The van der Waals surface area contributed by atoms with Crippen molar-refractivity contribution in [2.24, 2.45) is 0 Å².